The smallest absolute Gasteiger partial charge is 0.266 e. The van der Waals surface area contributed by atoms with Crippen LogP contribution in [0.3, 0.4) is 0 Å². The van der Waals surface area contributed by atoms with Crippen LogP contribution in [-0.4, -0.2) is 58.7 Å². The third-order valence-electron chi connectivity index (χ3n) is 5.51. The maximum absolute atomic E-state index is 12.7. The molecule has 2 saturated heterocycles. The second-order valence-corrected chi connectivity index (χ2v) is 9.25. The number of para-hydroxylation sites is 1. The fourth-order valence-corrected chi connectivity index (χ4v) is 5.00. The van der Waals surface area contributed by atoms with E-state index in [0.717, 1.165) is 18.7 Å². The zero-order valence-electron chi connectivity index (χ0n) is 17.7. The van der Waals surface area contributed by atoms with Crippen LogP contribution in [0.4, 0.5) is 5.69 Å². The maximum atomic E-state index is 12.7. The minimum Gasteiger partial charge on any atom is -0.368 e. The van der Waals surface area contributed by atoms with Crippen LogP contribution in [0.2, 0.25) is 0 Å². The molecule has 0 atom stereocenters. The summed E-state index contributed by atoms with van der Waals surface area (Å²) in [7, 11) is 0. The number of carbonyl (C=O) groups is 2. The minimum atomic E-state index is -0.126. The highest BCUT2D eigenvalue weighted by molar-refractivity contribution is 8.26. The molecule has 0 unspecified atom stereocenters. The Morgan fingerprint density at radius 1 is 0.969 bits per heavy atom. The molecule has 2 aliphatic heterocycles. The SMILES string of the molecule is O=C(CCN1C(=O)/C(=C/C=C/c2ccccc2)SC1=S)N1CCN(c2ccccc2)CC1. The number of allylic oxidation sites excluding steroid dienone is 2. The molecule has 2 aromatic rings. The predicted molar refractivity (Wildman–Crippen MR) is 135 cm³/mol. The van der Waals surface area contributed by atoms with Crippen molar-refractivity contribution >= 4 is 51.9 Å². The molecular weight excluding hydrogens is 438 g/mol. The number of rotatable bonds is 6. The number of hydrogen-bond donors (Lipinski definition) is 0. The van der Waals surface area contributed by atoms with Gasteiger partial charge in [-0.15, -0.1) is 0 Å². The van der Waals surface area contributed by atoms with Gasteiger partial charge in [-0.25, -0.2) is 0 Å². The first-order valence-corrected chi connectivity index (χ1v) is 11.9. The monoisotopic (exact) mass is 463 g/mol. The Bertz CT molecular complexity index is 1030. The molecule has 0 aliphatic carbocycles. The van der Waals surface area contributed by atoms with E-state index < -0.39 is 0 Å². The molecule has 32 heavy (non-hydrogen) atoms. The Kier molecular flexibility index (Phi) is 7.39. The van der Waals surface area contributed by atoms with Crippen LogP contribution in [0.5, 0.6) is 0 Å². The molecule has 0 spiro atoms. The molecule has 2 heterocycles. The van der Waals surface area contributed by atoms with Crippen molar-refractivity contribution in [3.8, 4) is 0 Å². The summed E-state index contributed by atoms with van der Waals surface area (Å²) in [5.41, 5.74) is 2.25. The Morgan fingerprint density at radius 3 is 2.31 bits per heavy atom. The van der Waals surface area contributed by atoms with Gasteiger partial charge in [0.05, 0.1) is 4.91 Å². The lowest BCUT2D eigenvalue weighted by Gasteiger charge is -2.36. The fourth-order valence-electron chi connectivity index (χ4n) is 3.74. The zero-order valence-corrected chi connectivity index (χ0v) is 19.4. The van der Waals surface area contributed by atoms with Crippen LogP contribution in [0.25, 0.3) is 6.08 Å². The van der Waals surface area contributed by atoms with E-state index >= 15 is 0 Å². The van der Waals surface area contributed by atoms with Crippen molar-refractivity contribution in [3.05, 3.63) is 83.3 Å². The first-order chi connectivity index (χ1) is 15.6. The van der Waals surface area contributed by atoms with Crippen molar-refractivity contribution in [2.75, 3.05) is 37.6 Å². The van der Waals surface area contributed by atoms with Gasteiger partial charge in [0.2, 0.25) is 5.91 Å². The number of hydrogen-bond acceptors (Lipinski definition) is 5. The molecule has 164 valence electrons. The lowest BCUT2D eigenvalue weighted by Crippen LogP contribution is -2.49. The quantitative estimate of drug-likeness (QED) is 0.475. The summed E-state index contributed by atoms with van der Waals surface area (Å²) in [6, 6.07) is 20.2. The lowest BCUT2D eigenvalue weighted by atomic mass is 10.2. The second kappa shape index (κ2) is 10.6. The summed E-state index contributed by atoms with van der Waals surface area (Å²) < 4.78 is 0.510. The number of thiocarbonyl (C=S) groups is 1. The number of anilines is 1. The average Bonchev–Trinajstić information content (AvgIpc) is 3.11. The summed E-state index contributed by atoms with van der Waals surface area (Å²) in [5, 5.41) is 0. The summed E-state index contributed by atoms with van der Waals surface area (Å²) >= 11 is 6.68. The van der Waals surface area contributed by atoms with E-state index in [4.69, 9.17) is 12.2 Å². The fraction of sp³-hybridized carbons (Fsp3) is 0.240. The number of carbonyl (C=O) groups excluding carboxylic acids is 2. The van der Waals surface area contributed by atoms with Gasteiger partial charge in [-0.05, 0) is 23.8 Å². The predicted octanol–water partition coefficient (Wildman–Crippen LogP) is 4.18. The summed E-state index contributed by atoms with van der Waals surface area (Å²) in [6.07, 6.45) is 5.88. The number of benzene rings is 2. The van der Waals surface area contributed by atoms with Crippen LogP contribution in [0.1, 0.15) is 12.0 Å². The molecule has 2 amide bonds. The average molecular weight is 464 g/mol. The highest BCUT2D eigenvalue weighted by atomic mass is 32.2. The highest BCUT2D eigenvalue weighted by Gasteiger charge is 2.32. The van der Waals surface area contributed by atoms with E-state index in [0.29, 0.717) is 28.9 Å². The maximum Gasteiger partial charge on any atom is 0.266 e. The Balaban J connectivity index is 1.27. The van der Waals surface area contributed by atoms with Crippen molar-refractivity contribution in [3.63, 3.8) is 0 Å². The van der Waals surface area contributed by atoms with Crippen molar-refractivity contribution in [1.29, 1.82) is 0 Å². The minimum absolute atomic E-state index is 0.0692. The molecule has 2 aromatic carbocycles. The standard InChI is InChI=1S/C25H25N3O2S2/c29-23(27-18-16-26(17-19-27)21-11-5-2-6-12-21)14-15-28-24(30)22(32-25(28)31)13-7-10-20-8-3-1-4-9-20/h1-13H,14-19H2/b10-7+,22-13-. The molecule has 0 radical (unpaired) electrons. The van der Waals surface area contributed by atoms with E-state index in [-0.39, 0.29) is 18.2 Å². The van der Waals surface area contributed by atoms with Gasteiger partial charge in [-0.2, -0.15) is 0 Å². The Morgan fingerprint density at radius 2 is 1.62 bits per heavy atom. The second-order valence-electron chi connectivity index (χ2n) is 7.58. The number of amides is 2. The van der Waals surface area contributed by atoms with Gasteiger partial charge in [0.25, 0.3) is 5.91 Å². The third kappa shape index (κ3) is 5.47. The molecule has 4 rings (SSSR count). The van der Waals surface area contributed by atoms with E-state index in [1.807, 2.05) is 65.6 Å². The van der Waals surface area contributed by atoms with E-state index in [2.05, 4.69) is 17.0 Å². The molecule has 2 aliphatic rings. The molecular formula is C25H25N3O2S2. The van der Waals surface area contributed by atoms with Gasteiger partial charge in [0, 0.05) is 44.8 Å². The highest BCUT2D eigenvalue weighted by Crippen LogP contribution is 2.31. The van der Waals surface area contributed by atoms with Crippen LogP contribution >= 0.6 is 24.0 Å². The van der Waals surface area contributed by atoms with E-state index in [1.165, 1.54) is 17.4 Å². The van der Waals surface area contributed by atoms with Gasteiger partial charge in [0.15, 0.2) is 0 Å². The third-order valence-corrected chi connectivity index (χ3v) is 6.91. The number of thioether (sulfide) groups is 1. The van der Waals surface area contributed by atoms with Crippen molar-refractivity contribution in [2.45, 2.75) is 6.42 Å². The van der Waals surface area contributed by atoms with Crippen LogP contribution < -0.4 is 4.90 Å². The largest absolute Gasteiger partial charge is 0.368 e. The lowest BCUT2D eigenvalue weighted by molar-refractivity contribution is -0.132. The zero-order chi connectivity index (χ0) is 22.3. The molecule has 0 N–H and O–H groups in total. The van der Waals surface area contributed by atoms with Gasteiger partial charge in [0.1, 0.15) is 4.32 Å². The van der Waals surface area contributed by atoms with Crippen molar-refractivity contribution < 1.29 is 9.59 Å². The number of piperazine rings is 1. The first-order valence-electron chi connectivity index (χ1n) is 10.7. The van der Waals surface area contributed by atoms with E-state index in [9.17, 15) is 9.59 Å². The molecule has 0 saturated carbocycles. The summed E-state index contributed by atoms with van der Waals surface area (Å²) in [6.45, 7) is 3.33. The van der Waals surface area contributed by atoms with Gasteiger partial charge in [-0.3, -0.25) is 14.5 Å². The molecule has 0 bridgehead atoms. The van der Waals surface area contributed by atoms with Gasteiger partial charge < -0.3 is 9.80 Å². The van der Waals surface area contributed by atoms with Crippen LogP contribution in [0.15, 0.2) is 77.7 Å². The van der Waals surface area contributed by atoms with Crippen LogP contribution in [0, 0.1) is 0 Å². The van der Waals surface area contributed by atoms with Crippen LogP contribution in [-0.2, 0) is 9.59 Å². The number of nitrogens with zero attached hydrogens (tertiary/aromatic N) is 3. The molecule has 5 nitrogen and oxygen atoms in total. The molecule has 0 aromatic heterocycles. The summed E-state index contributed by atoms with van der Waals surface area (Å²) in [4.78, 5) is 31.8. The van der Waals surface area contributed by atoms with Gasteiger partial charge >= 0.3 is 0 Å². The van der Waals surface area contributed by atoms with E-state index in [1.54, 1.807) is 11.0 Å². The first kappa shape index (κ1) is 22.3. The topological polar surface area (TPSA) is 43.9 Å². The van der Waals surface area contributed by atoms with Gasteiger partial charge in [-0.1, -0.05) is 84.7 Å². The van der Waals surface area contributed by atoms with Crippen molar-refractivity contribution in [2.24, 2.45) is 0 Å². The molecule has 7 heteroatoms. The Labute approximate surface area is 198 Å². The summed E-state index contributed by atoms with van der Waals surface area (Å²) in [5.74, 6) is -0.0564. The van der Waals surface area contributed by atoms with Crippen molar-refractivity contribution in [1.82, 2.24) is 9.80 Å². The molecule has 2 fully saturated rings. The Hall–Kier alpha value is -2.90. The normalized spacial score (nSPS) is 18.2.